The highest BCUT2D eigenvalue weighted by molar-refractivity contribution is 5.46. The standard InChI is InChI=1S/C10H16N2/c1-3-12(9(2)11)10-7-5-4-6-8-10/h4-9H,3,11H2,1-2H3. The van der Waals surface area contributed by atoms with E-state index < -0.39 is 0 Å². The summed E-state index contributed by atoms with van der Waals surface area (Å²) in [5.41, 5.74) is 6.99. The van der Waals surface area contributed by atoms with Crippen molar-refractivity contribution in [2.24, 2.45) is 5.73 Å². The Morgan fingerprint density at radius 1 is 1.33 bits per heavy atom. The van der Waals surface area contributed by atoms with Crippen LogP contribution >= 0.6 is 0 Å². The van der Waals surface area contributed by atoms with Gasteiger partial charge >= 0.3 is 0 Å². The SMILES string of the molecule is CCN(c1ccccc1)C(C)N. The van der Waals surface area contributed by atoms with Gasteiger partial charge in [0.1, 0.15) is 0 Å². The maximum atomic E-state index is 5.81. The van der Waals surface area contributed by atoms with Gasteiger partial charge in [0.2, 0.25) is 0 Å². The van der Waals surface area contributed by atoms with E-state index in [2.05, 4.69) is 24.0 Å². The number of nitrogens with two attached hydrogens (primary N) is 1. The van der Waals surface area contributed by atoms with Gasteiger partial charge in [-0.05, 0) is 26.0 Å². The first-order chi connectivity index (χ1) is 5.75. The van der Waals surface area contributed by atoms with Crippen LogP contribution in [0.5, 0.6) is 0 Å². The average Bonchev–Trinajstić information content (AvgIpc) is 2.07. The summed E-state index contributed by atoms with van der Waals surface area (Å²) in [6.45, 7) is 5.05. The minimum Gasteiger partial charge on any atom is -0.357 e. The molecule has 0 bridgehead atoms. The van der Waals surface area contributed by atoms with Gasteiger partial charge in [0.05, 0.1) is 6.17 Å². The Bertz CT molecular complexity index is 219. The summed E-state index contributed by atoms with van der Waals surface area (Å²) < 4.78 is 0. The molecule has 1 aromatic rings. The van der Waals surface area contributed by atoms with Gasteiger partial charge in [-0.15, -0.1) is 0 Å². The summed E-state index contributed by atoms with van der Waals surface area (Å²) in [4.78, 5) is 2.15. The van der Waals surface area contributed by atoms with E-state index in [0.29, 0.717) is 0 Å². The van der Waals surface area contributed by atoms with Crippen molar-refractivity contribution in [2.75, 3.05) is 11.4 Å². The summed E-state index contributed by atoms with van der Waals surface area (Å²) >= 11 is 0. The molecule has 0 heterocycles. The van der Waals surface area contributed by atoms with Crippen LogP contribution in [0.2, 0.25) is 0 Å². The molecular weight excluding hydrogens is 148 g/mol. The average molecular weight is 164 g/mol. The van der Waals surface area contributed by atoms with Crippen LogP contribution in [0.25, 0.3) is 0 Å². The molecule has 12 heavy (non-hydrogen) atoms. The van der Waals surface area contributed by atoms with Gasteiger partial charge < -0.3 is 10.6 Å². The number of benzene rings is 1. The molecule has 0 aliphatic carbocycles. The van der Waals surface area contributed by atoms with Crippen molar-refractivity contribution in [3.05, 3.63) is 30.3 Å². The summed E-state index contributed by atoms with van der Waals surface area (Å²) in [6, 6.07) is 10.2. The predicted molar refractivity (Wildman–Crippen MR) is 53.1 cm³/mol. The minimum absolute atomic E-state index is 0.0809. The number of hydrogen-bond donors (Lipinski definition) is 1. The third-order valence-electron chi connectivity index (χ3n) is 1.92. The van der Waals surface area contributed by atoms with Crippen molar-refractivity contribution in [3.63, 3.8) is 0 Å². The fraction of sp³-hybridized carbons (Fsp3) is 0.400. The van der Waals surface area contributed by atoms with Gasteiger partial charge in [-0.25, -0.2) is 0 Å². The molecule has 2 nitrogen and oxygen atoms in total. The van der Waals surface area contributed by atoms with Crippen LogP contribution in [0.4, 0.5) is 5.69 Å². The molecule has 0 spiro atoms. The number of nitrogens with zero attached hydrogens (tertiary/aromatic N) is 1. The molecule has 0 saturated carbocycles. The van der Waals surface area contributed by atoms with Crippen LogP contribution in [0.3, 0.4) is 0 Å². The zero-order valence-corrected chi connectivity index (χ0v) is 7.70. The molecule has 66 valence electrons. The predicted octanol–water partition coefficient (Wildman–Crippen LogP) is 1.82. The van der Waals surface area contributed by atoms with Gasteiger partial charge in [0.15, 0.2) is 0 Å². The summed E-state index contributed by atoms with van der Waals surface area (Å²) in [6.07, 6.45) is 0.0809. The first kappa shape index (κ1) is 9.07. The molecule has 2 N–H and O–H groups in total. The number of para-hydroxylation sites is 1. The summed E-state index contributed by atoms with van der Waals surface area (Å²) in [5.74, 6) is 0. The molecule has 1 aromatic carbocycles. The van der Waals surface area contributed by atoms with Gasteiger partial charge in [-0.3, -0.25) is 0 Å². The molecule has 0 fully saturated rings. The lowest BCUT2D eigenvalue weighted by atomic mass is 10.3. The number of rotatable bonds is 3. The molecule has 0 saturated heterocycles. The Morgan fingerprint density at radius 2 is 1.92 bits per heavy atom. The van der Waals surface area contributed by atoms with Crippen LogP contribution in [0.1, 0.15) is 13.8 Å². The zero-order chi connectivity index (χ0) is 8.97. The van der Waals surface area contributed by atoms with Gasteiger partial charge in [0, 0.05) is 12.2 Å². The Balaban J connectivity index is 2.80. The second-order valence-corrected chi connectivity index (χ2v) is 2.86. The van der Waals surface area contributed by atoms with Crippen molar-refractivity contribution in [1.82, 2.24) is 0 Å². The van der Waals surface area contributed by atoms with Crippen molar-refractivity contribution in [2.45, 2.75) is 20.0 Å². The highest BCUT2D eigenvalue weighted by Gasteiger charge is 2.06. The fourth-order valence-electron chi connectivity index (χ4n) is 1.33. The maximum absolute atomic E-state index is 5.81. The lowest BCUT2D eigenvalue weighted by molar-refractivity contribution is 0.676. The van der Waals surface area contributed by atoms with Crippen molar-refractivity contribution < 1.29 is 0 Å². The Kier molecular flexibility index (Phi) is 3.11. The topological polar surface area (TPSA) is 29.3 Å². The van der Waals surface area contributed by atoms with Crippen LogP contribution in [-0.2, 0) is 0 Å². The molecule has 0 aromatic heterocycles. The van der Waals surface area contributed by atoms with Gasteiger partial charge in [0.25, 0.3) is 0 Å². The number of hydrogen-bond acceptors (Lipinski definition) is 2. The first-order valence-corrected chi connectivity index (χ1v) is 4.33. The highest BCUT2D eigenvalue weighted by atomic mass is 15.2. The fourth-order valence-corrected chi connectivity index (χ4v) is 1.33. The molecule has 1 atom stereocenters. The van der Waals surface area contributed by atoms with Crippen molar-refractivity contribution in [1.29, 1.82) is 0 Å². The maximum Gasteiger partial charge on any atom is 0.0742 e. The number of anilines is 1. The van der Waals surface area contributed by atoms with Crippen LogP contribution < -0.4 is 10.6 Å². The van der Waals surface area contributed by atoms with Crippen molar-refractivity contribution in [3.8, 4) is 0 Å². The van der Waals surface area contributed by atoms with E-state index in [1.165, 1.54) is 5.69 Å². The van der Waals surface area contributed by atoms with Gasteiger partial charge in [-0.1, -0.05) is 18.2 Å². The third-order valence-corrected chi connectivity index (χ3v) is 1.92. The molecule has 0 amide bonds. The highest BCUT2D eigenvalue weighted by Crippen LogP contribution is 2.13. The quantitative estimate of drug-likeness (QED) is 0.690. The van der Waals surface area contributed by atoms with E-state index in [1.807, 2.05) is 25.1 Å². The normalized spacial score (nSPS) is 12.6. The van der Waals surface area contributed by atoms with Crippen LogP contribution in [0.15, 0.2) is 30.3 Å². The minimum atomic E-state index is 0.0809. The van der Waals surface area contributed by atoms with Crippen molar-refractivity contribution >= 4 is 5.69 Å². The van der Waals surface area contributed by atoms with E-state index >= 15 is 0 Å². The van der Waals surface area contributed by atoms with Gasteiger partial charge in [-0.2, -0.15) is 0 Å². The molecule has 2 heteroatoms. The Labute approximate surface area is 74.0 Å². The molecule has 1 unspecified atom stereocenters. The van der Waals surface area contributed by atoms with E-state index in [-0.39, 0.29) is 6.17 Å². The lowest BCUT2D eigenvalue weighted by Crippen LogP contribution is -2.39. The van der Waals surface area contributed by atoms with E-state index in [1.54, 1.807) is 0 Å². The van der Waals surface area contributed by atoms with E-state index in [4.69, 9.17) is 5.73 Å². The Hall–Kier alpha value is -1.02. The molecule has 1 rings (SSSR count). The smallest absolute Gasteiger partial charge is 0.0742 e. The largest absolute Gasteiger partial charge is 0.357 e. The molecule has 0 aliphatic rings. The molecule has 0 aliphatic heterocycles. The second-order valence-electron chi connectivity index (χ2n) is 2.86. The van der Waals surface area contributed by atoms with Crippen LogP contribution in [0, 0.1) is 0 Å². The molecule has 0 radical (unpaired) electrons. The lowest BCUT2D eigenvalue weighted by Gasteiger charge is -2.26. The first-order valence-electron chi connectivity index (χ1n) is 4.33. The monoisotopic (exact) mass is 164 g/mol. The van der Waals surface area contributed by atoms with Crippen LogP contribution in [-0.4, -0.2) is 12.7 Å². The van der Waals surface area contributed by atoms with E-state index in [0.717, 1.165) is 6.54 Å². The zero-order valence-electron chi connectivity index (χ0n) is 7.70. The molecular formula is C10H16N2. The summed E-state index contributed by atoms with van der Waals surface area (Å²) in [5, 5.41) is 0. The third kappa shape index (κ3) is 1.98. The summed E-state index contributed by atoms with van der Waals surface area (Å²) in [7, 11) is 0. The Morgan fingerprint density at radius 3 is 2.33 bits per heavy atom. The van der Waals surface area contributed by atoms with E-state index in [9.17, 15) is 0 Å². The second kappa shape index (κ2) is 4.12.